The van der Waals surface area contributed by atoms with Crippen molar-refractivity contribution in [2.75, 3.05) is 19.8 Å². The maximum Gasteiger partial charge on any atom is 1.00 e. The molecule has 1 fully saturated rings. The van der Waals surface area contributed by atoms with E-state index < -0.39 is 11.6 Å². The first kappa shape index (κ1) is 36.7. The Morgan fingerprint density at radius 1 is 0.957 bits per heavy atom. The monoisotopic (exact) mass is 627 g/mol. The topological polar surface area (TPSA) is 115 Å². The van der Waals surface area contributed by atoms with E-state index in [4.69, 9.17) is 18.9 Å². The molecule has 9 nitrogen and oxygen atoms in total. The number of carboxylic acid groups (broad SMARTS) is 1. The number of carbonyl (C=O) groups is 2. The summed E-state index contributed by atoms with van der Waals surface area (Å²) in [5.74, 6) is 1.19. The van der Waals surface area contributed by atoms with Gasteiger partial charge >= 0.3 is 30.9 Å². The average molecular weight is 628 g/mol. The van der Waals surface area contributed by atoms with Crippen molar-refractivity contribution in [1.82, 2.24) is 4.90 Å². The molecule has 1 aliphatic heterocycles. The standard InChI is InChI=1S/C36H45NO8.Li.H/c1-6-13-25-30(17-10-18-31(25)44-32-16-9-8-14-26(32)34(39)40)42-20-12-21-43-33-23-29(38)27(22-24(33)7-2)28-15-11-19-37(28)35(41)45-36(3,4)5;;/h8-10,14,16-18,22-23,28,38H,6-7,11-13,15,19-21H2,1-5H3,(H,39,40);;/q;+1;-1. The third-order valence-corrected chi connectivity index (χ3v) is 7.56. The SMILES string of the molecule is CCCc1c(OCCCOc2cc(O)c(C3CCCN3C(=O)OC(C)(C)C)cc2CC)cccc1Oc1ccccc1C(=O)O.[H-].[Li+]. The van der Waals surface area contributed by atoms with Gasteiger partial charge in [-0.05, 0) is 82.3 Å². The van der Waals surface area contributed by atoms with Crippen LogP contribution < -0.4 is 33.1 Å². The van der Waals surface area contributed by atoms with E-state index in [2.05, 4.69) is 6.92 Å². The molecule has 3 aromatic rings. The van der Waals surface area contributed by atoms with Gasteiger partial charge in [0.2, 0.25) is 0 Å². The average Bonchev–Trinajstić information content (AvgIpc) is 3.48. The zero-order valence-electron chi connectivity index (χ0n) is 28.9. The first-order valence-electron chi connectivity index (χ1n) is 15.7. The van der Waals surface area contributed by atoms with E-state index in [0.29, 0.717) is 61.8 Å². The van der Waals surface area contributed by atoms with Gasteiger partial charge in [-0.15, -0.1) is 0 Å². The van der Waals surface area contributed by atoms with Crippen LogP contribution in [0, 0.1) is 0 Å². The number of carbonyl (C=O) groups excluding carboxylic acids is 1. The second-order valence-corrected chi connectivity index (χ2v) is 12.1. The van der Waals surface area contributed by atoms with Crippen LogP contribution in [-0.4, -0.2) is 52.5 Å². The summed E-state index contributed by atoms with van der Waals surface area (Å²) in [6, 6.07) is 15.4. The van der Waals surface area contributed by atoms with Crippen molar-refractivity contribution in [1.29, 1.82) is 0 Å². The zero-order chi connectivity index (χ0) is 32.6. The van der Waals surface area contributed by atoms with Gasteiger partial charge in [0.1, 0.15) is 39.9 Å². The van der Waals surface area contributed by atoms with Gasteiger partial charge in [0, 0.05) is 30.2 Å². The molecule has 1 atom stereocenters. The van der Waals surface area contributed by atoms with E-state index in [0.717, 1.165) is 30.4 Å². The third kappa shape index (κ3) is 9.37. The Balaban J connectivity index is 0.00000384. The summed E-state index contributed by atoms with van der Waals surface area (Å²) in [5.41, 5.74) is 2.04. The summed E-state index contributed by atoms with van der Waals surface area (Å²) in [6.07, 6.45) is 4.09. The molecule has 1 amide bonds. The molecule has 4 rings (SSSR count). The minimum atomic E-state index is -1.05. The quantitative estimate of drug-likeness (QED) is 0.190. The van der Waals surface area contributed by atoms with Gasteiger partial charge in [0.05, 0.1) is 19.3 Å². The summed E-state index contributed by atoms with van der Waals surface area (Å²) >= 11 is 0. The fraction of sp³-hybridized carbons (Fsp3) is 0.444. The van der Waals surface area contributed by atoms with E-state index in [1.165, 1.54) is 6.07 Å². The molecule has 10 heteroatoms. The van der Waals surface area contributed by atoms with E-state index in [1.54, 1.807) is 29.2 Å². The van der Waals surface area contributed by atoms with Gasteiger partial charge < -0.3 is 35.5 Å². The van der Waals surface area contributed by atoms with Crippen molar-refractivity contribution in [3.05, 3.63) is 76.9 Å². The Labute approximate surface area is 285 Å². The van der Waals surface area contributed by atoms with Crippen molar-refractivity contribution < 1.29 is 59.0 Å². The van der Waals surface area contributed by atoms with Gasteiger partial charge in [-0.25, -0.2) is 9.59 Å². The van der Waals surface area contributed by atoms with Crippen LogP contribution in [0.1, 0.15) is 94.8 Å². The van der Waals surface area contributed by atoms with Crippen LogP contribution in [-0.2, 0) is 17.6 Å². The van der Waals surface area contributed by atoms with Crippen LogP contribution in [0.25, 0.3) is 0 Å². The Hall–Kier alpha value is -3.80. The van der Waals surface area contributed by atoms with Gasteiger partial charge in [0.25, 0.3) is 0 Å². The smallest absolute Gasteiger partial charge is 1.00 e. The van der Waals surface area contributed by atoms with Crippen molar-refractivity contribution >= 4 is 12.1 Å². The summed E-state index contributed by atoms with van der Waals surface area (Å²) in [4.78, 5) is 26.2. The van der Waals surface area contributed by atoms with Crippen LogP contribution in [0.2, 0.25) is 0 Å². The molecule has 0 spiro atoms. The molecule has 0 aliphatic carbocycles. The number of carboxylic acids is 1. The first-order chi connectivity index (χ1) is 21.5. The Morgan fingerprint density at radius 3 is 2.30 bits per heavy atom. The molecule has 3 aromatic carbocycles. The number of aromatic carboxylic acids is 1. The fourth-order valence-electron chi connectivity index (χ4n) is 5.49. The number of benzene rings is 3. The van der Waals surface area contributed by atoms with Crippen LogP contribution in [0.15, 0.2) is 54.6 Å². The number of para-hydroxylation sites is 1. The third-order valence-electron chi connectivity index (χ3n) is 7.56. The maximum atomic E-state index is 12.8. The maximum absolute atomic E-state index is 12.8. The number of phenolic OH excluding ortho intramolecular Hbond substituents is 1. The number of rotatable bonds is 13. The van der Waals surface area contributed by atoms with Crippen molar-refractivity contribution in [2.24, 2.45) is 0 Å². The molecule has 0 bridgehead atoms. The number of aromatic hydroxyl groups is 1. The normalized spacial score (nSPS) is 14.4. The van der Waals surface area contributed by atoms with Crippen molar-refractivity contribution in [2.45, 2.75) is 84.8 Å². The predicted molar refractivity (Wildman–Crippen MR) is 173 cm³/mol. The Kier molecular flexibility index (Phi) is 13.3. The van der Waals surface area contributed by atoms with Crippen molar-refractivity contribution in [3.63, 3.8) is 0 Å². The molecule has 1 saturated heterocycles. The van der Waals surface area contributed by atoms with Crippen LogP contribution >= 0.6 is 0 Å². The molecule has 1 aliphatic rings. The Morgan fingerprint density at radius 2 is 1.63 bits per heavy atom. The largest absolute Gasteiger partial charge is 1.00 e. The Bertz CT molecular complexity index is 1490. The van der Waals surface area contributed by atoms with Crippen LogP contribution in [0.4, 0.5) is 4.79 Å². The molecule has 2 N–H and O–H groups in total. The van der Waals surface area contributed by atoms with Gasteiger partial charge in [-0.2, -0.15) is 0 Å². The number of aryl methyl sites for hydroxylation is 1. The van der Waals surface area contributed by atoms with E-state index in [9.17, 15) is 19.8 Å². The van der Waals surface area contributed by atoms with Crippen molar-refractivity contribution in [3.8, 4) is 28.7 Å². The second kappa shape index (κ2) is 16.7. The van der Waals surface area contributed by atoms with E-state index in [1.807, 2.05) is 52.0 Å². The van der Waals surface area contributed by atoms with E-state index in [-0.39, 0.29) is 49.5 Å². The van der Waals surface area contributed by atoms with Gasteiger partial charge in [-0.1, -0.05) is 38.5 Å². The number of amides is 1. The first-order valence-corrected chi connectivity index (χ1v) is 15.7. The fourth-order valence-corrected chi connectivity index (χ4v) is 5.49. The molecular weight excluding hydrogens is 581 g/mol. The number of likely N-dealkylation sites (tertiary alicyclic amines) is 1. The van der Waals surface area contributed by atoms with Crippen LogP contribution in [0.3, 0.4) is 0 Å². The molecule has 244 valence electrons. The summed E-state index contributed by atoms with van der Waals surface area (Å²) in [7, 11) is 0. The molecular formula is C36H46LiNO8. The van der Waals surface area contributed by atoms with Gasteiger partial charge in [0.15, 0.2) is 0 Å². The minimum absolute atomic E-state index is 0. The number of nitrogens with zero attached hydrogens (tertiary/aromatic N) is 1. The molecule has 1 unspecified atom stereocenters. The molecule has 0 aromatic heterocycles. The number of ether oxygens (including phenoxy) is 4. The number of hydrogen-bond acceptors (Lipinski definition) is 7. The number of hydrogen-bond donors (Lipinski definition) is 2. The second-order valence-electron chi connectivity index (χ2n) is 12.1. The molecule has 46 heavy (non-hydrogen) atoms. The van der Waals surface area contributed by atoms with Gasteiger partial charge in [-0.3, -0.25) is 0 Å². The summed E-state index contributed by atoms with van der Waals surface area (Å²) in [6.45, 7) is 11.0. The van der Waals surface area contributed by atoms with E-state index >= 15 is 0 Å². The minimum Gasteiger partial charge on any atom is -1.00 e. The van der Waals surface area contributed by atoms with Crippen LogP contribution in [0.5, 0.6) is 28.7 Å². The molecule has 1 heterocycles. The summed E-state index contributed by atoms with van der Waals surface area (Å²) in [5, 5.41) is 20.5. The summed E-state index contributed by atoms with van der Waals surface area (Å²) < 4.78 is 23.9. The molecule has 0 saturated carbocycles. The zero-order valence-corrected chi connectivity index (χ0v) is 27.9. The molecule has 0 radical (unpaired) electrons. The predicted octanol–water partition coefficient (Wildman–Crippen LogP) is 5.43. The number of phenols is 1.